The Morgan fingerprint density at radius 1 is 0.923 bits per heavy atom. The van der Waals surface area contributed by atoms with Crippen molar-refractivity contribution in [2.24, 2.45) is 0 Å². The van der Waals surface area contributed by atoms with E-state index in [9.17, 15) is 0 Å². The molecule has 3 aromatic rings. The summed E-state index contributed by atoms with van der Waals surface area (Å²) in [6, 6.07) is 12.1. The molecule has 0 aliphatic rings. The fourth-order valence-corrected chi connectivity index (χ4v) is 3.00. The first kappa shape index (κ1) is 17.9. The normalized spacial score (nSPS) is 10.6. The first-order valence-electron chi connectivity index (χ1n) is 8.56. The van der Waals surface area contributed by atoms with E-state index in [4.69, 9.17) is 18.7 Å². The van der Waals surface area contributed by atoms with E-state index in [0.29, 0.717) is 23.0 Å². The Hall–Kier alpha value is -2.95. The molecule has 0 atom stereocenters. The summed E-state index contributed by atoms with van der Waals surface area (Å²) in [5.41, 5.74) is 3.97. The molecule has 5 heteroatoms. The third kappa shape index (κ3) is 3.38. The van der Waals surface area contributed by atoms with Gasteiger partial charge in [-0.2, -0.15) is 0 Å². The molecule has 0 aliphatic carbocycles. The van der Waals surface area contributed by atoms with Crippen molar-refractivity contribution in [1.82, 2.24) is 5.16 Å². The predicted molar refractivity (Wildman–Crippen MR) is 101 cm³/mol. The topological polar surface area (TPSA) is 53.7 Å². The molecule has 3 rings (SSSR count). The molecule has 0 aliphatic heterocycles. The van der Waals surface area contributed by atoms with Gasteiger partial charge >= 0.3 is 0 Å². The summed E-state index contributed by atoms with van der Waals surface area (Å²) in [6.45, 7) is 2.18. The molecule has 136 valence electrons. The van der Waals surface area contributed by atoms with E-state index in [0.717, 1.165) is 29.5 Å². The maximum Gasteiger partial charge on any atom is 0.178 e. The fraction of sp³-hybridized carbons (Fsp3) is 0.286. The lowest BCUT2D eigenvalue weighted by Crippen LogP contribution is -1.95. The van der Waals surface area contributed by atoms with E-state index in [1.165, 1.54) is 5.56 Å². The van der Waals surface area contributed by atoms with E-state index in [1.807, 2.05) is 6.07 Å². The number of ether oxygens (including phenoxy) is 3. The second-order valence-corrected chi connectivity index (χ2v) is 5.93. The van der Waals surface area contributed by atoms with Gasteiger partial charge in [-0.05, 0) is 23.6 Å². The smallest absolute Gasteiger partial charge is 0.178 e. The van der Waals surface area contributed by atoms with Gasteiger partial charge in [-0.25, -0.2) is 0 Å². The highest BCUT2D eigenvalue weighted by molar-refractivity contribution is 5.84. The monoisotopic (exact) mass is 353 g/mol. The van der Waals surface area contributed by atoms with Crippen LogP contribution in [-0.4, -0.2) is 26.5 Å². The minimum atomic E-state index is 0.572. The number of hydrogen-bond donors (Lipinski definition) is 0. The van der Waals surface area contributed by atoms with Gasteiger partial charge in [0.05, 0.1) is 33.1 Å². The summed E-state index contributed by atoms with van der Waals surface area (Å²) < 4.78 is 22.0. The summed E-state index contributed by atoms with van der Waals surface area (Å²) in [4.78, 5) is 0. The molecule has 1 aromatic heterocycles. The molecule has 0 amide bonds. The van der Waals surface area contributed by atoms with Crippen LogP contribution in [0.1, 0.15) is 18.9 Å². The first-order chi connectivity index (χ1) is 12.7. The minimum Gasteiger partial charge on any atom is -0.497 e. The molecule has 0 spiro atoms. The number of rotatable bonds is 7. The molecular formula is C21H23NO4. The molecule has 0 saturated carbocycles. The fourth-order valence-electron chi connectivity index (χ4n) is 3.00. The lowest BCUT2D eigenvalue weighted by atomic mass is 9.99. The van der Waals surface area contributed by atoms with E-state index < -0.39 is 0 Å². The molecule has 0 unspecified atom stereocenters. The van der Waals surface area contributed by atoms with Crippen molar-refractivity contribution in [3.8, 4) is 39.7 Å². The van der Waals surface area contributed by atoms with Crippen LogP contribution < -0.4 is 14.2 Å². The molecule has 0 bridgehead atoms. The lowest BCUT2D eigenvalue weighted by molar-refractivity contribution is 0.348. The van der Waals surface area contributed by atoms with Crippen LogP contribution in [-0.2, 0) is 6.42 Å². The summed E-state index contributed by atoms with van der Waals surface area (Å²) in [6.07, 6.45) is 3.91. The predicted octanol–water partition coefficient (Wildman–Crippen LogP) is 4.99. The van der Waals surface area contributed by atoms with Gasteiger partial charge < -0.3 is 18.7 Å². The van der Waals surface area contributed by atoms with Crippen LogP contribution in [0.25, 0.3) is 22.5 Å². The van der Waals surface area contributed by atoms with Crippen LogP contribution in [0.2, 0.25) is 0 Å². The SMILES string of the molecule is CCCc1ccc(-c2cnoc2-c2cc(OC)cc(OC)c2OC)cc1. The van der Waals surface area contributed by atoms with Gasteiger partial charge in [0.25, 0.3) is 0 Å². The third-order valence-electron chi connectivity index (χ3n) is 4.31. The standard InChI is InChI=1S/C21H23NO4/c1-5-6-14-7-9-15(10-8-14)18-13-22-26-20(18)17-11-16(23-2)12-19(24-3)21(17)25-4/h7-13H,5-6H2,1-4H3. The number of nitrogens with zero attached hydrogens (tertiary/aromatic N) is 1. The Kier molecular flexibility index (Phi) is 5.46. The summed E-state index contributed by atoms with van der Waals surface area (Å²) in [5, 5.41) is 4.01. The highest BCUT2D eigenvalue weighted by Gasteiger charge is 2.21. The molecule has 26 heavy (non-hydrogen) atoms. The maximum absolute atomic E-state index is 5.58. The maximum atomic E-state index is 5.58. The molecule has 0 N–H and O–H groups in total. The minimum absolute atomic E-state index is 0.572. The zero-order chi connectivity index (χ0) is 18.5. The molecule has 5 nitrogen and oxygen atoms in total. The lowest BCUT2D eigenvalue weighted by Gasteiger charge is -2.14. The van der Waals surface area contributed by atoms with Gasteiger partial charge in [-0.15, -0.1) is 0 Å². The molecular weight excluding hydrogens is 330 g/mol. The second-order valence-electron chi connectivity index (χ2n) is 5.93. The van der Waals surface area contributed by atoms with Crippen molar-refractivity contribution in [3.05, 3.63) is 48.2 Å². The van der Waals surface area contributed by atoms with Crippen molar-refractivity contribution in [3.63, 3.8) is 0 Å². The first-order valence-corrected chi connectivity index (χ1v) is 8.56. The Bertz CT molecular complexity index is 868. The highest BCUT2D eigenvalue weighted by atomic mass is 16.5. The van der Waals surface area contributed by atoms with Gasteiger partial charge in [0.15, 0.2) is 17.3 Å². The van der Waals surface area contributed by atoms with Gasteiger partial charge in [-0.3, -0.25) is 0 Å². The van der Waals surface area contributed by atoms with Gasteiger partial charge in [0.2, 0.25) is 0 Å². The van der Waals surface area contributed by atoms with Gasteiger partial charge in [0, 0.05) is 11.6 Å². The number of aromatic nitrogens is 1. The largest absolute Gasteiger partial charge is 0.497 e. The second kappa shape index (κ2) is 7.95. The van der Waals surface area contributed by atoms with E-state index >= 15 is 0 Å². The number of aryl methyl sites for hydroxylation is 1. The van der Waals surface area contributed by atoms with Crippen molar-refractivity contribution < 1.29 is 18.7 Å². The van der Waals surface area contributed by atoms with E-state index in [2.05, 4.69) is 36.3 Å². The van der Waals surface area contributed by atoms with Crippen LogP contribution >= 0.6 is 0 Å². The summed E-state index contributed by atoms with van der Waals surface area (Å²) in [5.74, 6) is 2.41. The van der Waals surface area contributed by atoms with Crippen LogP contribution in [0.3, 0.4) is 0 Å². The molecule has 2 aromatic carbocycles. The molecule has 0 radical (unpaired) electrons. The summed E-state index contributed by atoms with van der Waals surface area (Å²) in [7, 11) is 4.80. The van der Waals surface area contributed by atoms with Gasteiger partial charge in [-0.1, -0.05) is 42.8 Å². The van der Waals surface area contributed by atoms with Crippen molar-refractivity contribution in [1.29, 1.82) is 0 Å². The number of benzene rings is 2. The van der Waals surface area contributed by atoms with E-state index in [1.54, 1.807) is 33.6 Å². The zero-order valence-corrected chi connectivity index (χ0v) is 15.5. The van der Waals surface area contributed by atoms with Crippen molar-refractivity contribution >= 4 is 0 Å². The van der Waals surface area contributed by atoms with Crippen molar-refractivity contribution in [2.75, 3.05) is 21.3 Å². The van der Waals surface area contributed by atoms with Gasteiger partial charge in [0.1, 0.15) is 5.75 Å². The van der Waals surface area contributed by atoms with Crippen molar-refractivity contribution in [2.45, 2.75) is 19.8 Å². The Labute approximate surface area is 153 Å². The number of hydrogen-bond acceptors (Lipinski definition) is 5. The highest BCUT2D eigenvalue weighted by Crippen LogP contribution is 2.44. The summed E-state index contributed by atoms with van der Waals surface area (Å²) >= 11 is 0. The zero-order valence-electron chi connectivity index (χ0n) is 15.5. The molecule has 1 heterocycles. The van der Waals surface area contributed by atoms with Crippen LogP contribution in [0.5, 0.6) is 17.2 Å². The van der Waals surface area contributed by atoms with Crippen LogP contribution in [0.15, 0.2) is 47.1 Å². The molecule has 0 fully saturated rings. The Balaban J connectivity index is 2.11. The quantitative estimate of drug-likeness (QED) is 0.599. The molecule has 0 saturated heterocycles. The van der Waals surface area contributed by atoms with Crippen LogP contribution in [0.4, 0.5) is 0 Å². The average molecular weight is 353 g/mol. The Morgan fingerprint density at radius 3 is 2.31 bits per heavy atom. The third-order valence-corrected chi connectivity index (χ3v) is 4.31. The van der Waals surface area contributed by atoms with E-state index in [-0.39, 0.29) is 0 Å². The van der Waals surface area contributed by atoms with Crippen LogP contribution in [0, 0.1) is 0 Å². The average Bonchev–Trinajstić information content (AvgIpc) is 3.17. The number of methoxy groups -OCH3 is 3. The Morgan fingerprint density at radius 2 is 1.69 bits per heavy atom.